The molecule has 1 heterocycles. The summed E-state index contributed by atoms with van der Waals surface area (Å²) in [5.41, 5.74) is 1.61. The first-order valence-electron chi connectivity index (χ1n) is 4.74. The number of imidazole rings is 1. The van der Waals surface area contributed by atoms with E-state index in [0.717, 1.165) is 5.69 Å². The van der Waals surface area contributed by atoms with Crippen molar-refractivity contribution in [3.05, 3.63) is 47.5 Å². The minimum Gasteiger partial charge on any atom is -0.352 e. The van der Waals surface area contributed by atoms with E-state index in [1.54, 1.807) is 18.3 Å². The molecule has 0 saturated heterocycles. The summed E-state index contributed by atoms with van der Waals surface area (Å²) in [6, 6.07) is 6.69. The fraction of sp³-hybridized carbons (Fsp3) is 0.182. The van der Waals surface area contributed by atoms with Crippen molar-refractivity contribution in [2.75, 3.05) is 5.32 Å². The zero-order chi connectivity index (χ0) is 10.7. The fourth-order valence-electron chi connectivity index (χ4n) is 1.32. The Morgan fingerprint density at radius 2 is 2.20 bits per heavy atom. The van der Waals surface area contributed by atoms with Gasteiger partial charge in [-0.2, -0.15) is 0 Å². The standard InChI is InChI=1S/C11H12FN3/c1-8-6-13-11(15-8)14-7-9-4-2-3-5-10(9)12/h2-6H,7H2,1H3,(H2,13,14,15). The van der Waals surface area contributed by atoms with E-state index in [1.165, 1.54) is 6.07 Å². The lowest BCUT2D eigenvalue weighted by Crippen LogP contribution is -2.02. The van der Waals surface area contributed by atoms with Crippen LogP contribution in [0.5, 0.6) is 0 Å². The second-order valence-electron chi connectivity index (χ2n) is 3.36. The Balaban J connectivity index is 2.02. The maximum atomic E-state index is 13.2. The topological polar surface area (TPSA) is 40.7 Å². The SMILES string of the molecule is Cc1cnc(NCc2ccccc2F)[nH]1. The third-order valence-electron chi connectivity index (χ3n) is 2.11. The Labute approximate surface area is 87.4 Å². The summed E-state index contributed by atoms with van der Waals surface area (Å²) in [7, 11) is 0. The zero-order valence-corrected chi connectivity index (χ0v) is 8.42. The van der Waals surface area contributed by atoms with Crippen LogP contribution in [0.1, 0.15) is 11.3 Å². The van der Waals surface area contributed by atoms with Gasteiger partial charge in [-0.1, -0.05) is 18.2 Å². The molecule has 0 radical (unpaired) electrons. The van der Waals surface area contributed by atoms with E-state index >= 15 is 0 Å². The van der Waals surface area contributed by atoms with Crippen molar-refractivity contribution in [3.8, 4) is 0 Å². The molecule has 0 atom stereocenters. The van der Waals surface area contributed by atoms with Crippen LogP contribution in [0.3, 0.4) is 0 Å². The van der Waals surface area contributed by atoms with Crippen LogP contribution in [0, 0.1) is 12.7 Å². The summed E-state index contributed by atoms with van der Waals surface area (Å²) in [6.45, 7) is 2.35. The fourth-order valence-corrected chi connectivity index (χ4v) is 1.32. The van der Waals surface area contributed by atoms with Gasteiger partial charge in [-0.15, -0.1) is 0 Å². The molecule has 0 aliphatic heterocycles. The van der Waals surface area contributed by atoms with Crippen molar-refractivity contribution in [1.29, 1.82) is 0 Å². The number of benzene rings is 1. The molecule has 0 spiro atoms. The Bertz CT molecular complexity index is 451. The first kappa shape index (κ1) is 9.71. The van der Waals surface area contributed by atoms with Gasteiger partial charge in [0.05, 0.1) is 0 Å². The maximum absolute atomic E-state index is 13.2. The number of hydrogen-bond acceptors (Lipinski definition) is 2. The molecule has 0 amide bonds. The molecular formula is C11H12FN3. The molecule has 1 aromatic carbocycles. The van der Waals surface area contributed by atoms with Crippen LogP contribution in [0.15, 0.2) is 30.5 Å². The first-order chi connectivity index (χ1) is 7.25. The molecule has 2 N–H and O–H groups in total. The molecule has 4 heteroatoms. The second-order valence-corrected chi connectivity index (χ2v) is 3.36. The minimum atomic E-state index is -0.201. The molecule has 78 valence electrons. The Hall–Kier alpha value is -1.84. The highest BCUT2D eigenvalue weighted by molar-refractivity contribution is 5.29. The van der Waals surface area contributed by atoms with E-state index in [4.69, 9.17) is 0 Å². The van der Waals surface area contributed by atoms with Crippen LogP contribution in [0.25, 0.3) is 0 Å². The maximum Gasteiger partial charge on any atom is 0.200 e. The number of halogens is 1. The quantitative estimate of drug-likeness (QED) is 0.808. The van der Waals surface area contributed by atoms with Gasteiger partial charge in [-0.3, -0.25) is 0 Å². The van der Waals surface area contributed by atoms with E-state index in [1.807, 2.05) is 13.0 Å². The van der Waals surface area contributed by atoms with Crippen molar-refractivity contribution >= 4 is 5.95 Å². The first-order valence-corrected chi connectivity index (χ1v) is 4.74. The molecule has 1 aromatic heterocycles. The number of nitrogens with zero attached hydrogens (tertiary/aromatic N) is 1. The van der Waals surface area contributed by atoms with Crippen molar-refractivity contribution in [2.45, 2.75) is 13.5 Å². The second kappa shape index (κ2) is 4.13. The molecule has 0 saturated carbocycles. The summed E-state index contributed by atoms with van der Waals surface area (Å²) < 4.78 is 13.2. The number of rotatable bonds is 3. The Morgan fingerprint density at radius 3 is 2.87 bits per heavy atom. The van der Waals surface area contributed by atoms with Gasteiger partial charge in [0.1, 0.15) is 5.82 Å². The van der Waals surface area contributed by atoms with Crippen LogP contribution in [-0.2, 0) is 6.54 Å². The van der Waals surface area contributed by atoms with Crippen LogP contribution >= 0.6 is 0 Å². The normalized spacial score (nSPS) is 10.3. The third-order valence-corrected chi connectivity index (χ3v) is 2.11. The summed E-state index contributed by atoms with van der Waals surface area (Å²) in [6.07, 6.45) is 1.73. The molecule has 15 heavy (non-hydrogen) atoms. The molecule has 0 unspecified atom stereocenters. The van der Waals surface area contributed by atoms with Crippen molar-refractivity contribution < 1.29 is 4.39 Å². The molecule has 0 aliphatic carbocycles. The van der Waals surface area contributed by atoms with Gasteiger partial charge < -0.3 is 10.3 Å². The highest BCUT2D eigenvalue weighted by Crippen LogP contribution is 2.08. The summed E-state index contributed by atoms with van der Waals surface area (Å²) in [4.78, 5) is 7.09. The smallest absolute Gasteiger partial charge is 0.200 e. The third kappa shape index (κ3) is 2.34. The minimum absolute atomic E-state index is 0.201. The summed E-state index contributed by atoms with van der Waals surface area (Å²) in [5.74, 6) is 0.462. The summed E-state index contributed by atoms with van der Waals surface area (Å²) in [5, 5.41) is 3.02. The zero-order valence-electron chi connectivity index (χ0n) is 8.42. The van der Waals surface area contributed by atoms with Gasteiger partial charge in [-0.05, 0) is 13.0 Å². The average molecular weight is 205 g/mol. The molecule has 0 fully saturated rings. The van der Waals surface area contributed by atoms with Gasteiger partial charge in [0, 0.05) is 24.0 Å². The average Bonchev–Trinajstić information content (AvgIpc) is 2.63. The lowest BCUT2D eigenvalue weighted by molar-refractivity contribution is 0.613. The Morgan fingerprint density at radius 1 is 1.40 bits per heavy atom. The van der Waals surface area contributed by atoms with E-state index in [0.29, 0.717) is 18.1 Å². The monoisotopic (exact) mass is 205 g/mol. The van der Waals surface area contributed by atoms with Crippen LogP contribution in [0.4, 0.5) is 10.3 Å². The number of aromatic nitrogens is 2. The highest BCUT2D eigenvalue weighted by atomic mass is 19.1. The Kier molecular flexibility index (Phi) is 2.67. The lowest BCUT2D eigenvalue weighted by atomic mass is 10.2. The van der Waals surface area contributed by atoms with Gasteiger partial charge in [-0.25, -0.2) is 9.37 Å². The number of aromatic amines is 1. The lowest BCUT2D eigenvalue weighted by Gasteiger charge is -2.03. The number of aryl methyl sites for hydroxylation is 1. The van der Waals surface area contributed by atoms with Gasteiger partial charge in [0.2, 0.25) is 5.95 Å². The number of hydrogen-bond donors (Lipinski definition) is 2. The van der Waals surface area contributed by atoms with E-state index in [2.05, 4.69) is 15.3 Å². The van der Waals surface area contributed by atoms with Crippen molar-refractivity contribution in [3.63, 3.8) is 0 Å². The highest BCUT2D eigenvalue weighted by Gasteiger charge is 2.01. The van der Waals surface area contributed by atoms with Crippen LogP contribution in [-0.4, -0.2) is 9.97 Å². The summed E-state index contributed by atoms with van der Waals surface area (Å²) >= 11 is 0. The van der Waals surface area contributed by atoms with Gasteiger partial charge in [0.25, 0.3) is 0 Å². The number of H-pyrrole nitrogens is 1. The number of nitrogens with one attached hydrogen (secondary N) is 2. The van der Waals surface area contributed by atoms with Crippen molar-refractivity contribution in [1.82, 2.24) is 9.97 Å². The number of anilines is 1. The predicted octanol–water partition coefficient (Wildman–Crippen LogP) is 2.47. The largest absolute Gasteiger partial charge is 0.352 e. The van der Waals surface area contributed by atoms with E-state index in [9.17, 15) is 4.39 Å². The van der Waals surface area contributed by atoms with Gasteiger partial charge in [0.15, 0.2) is 0 Å². The molecule has 3 nitrogen and oxygen atoms in total. The molecule has 2 aromatic rings. The van der Waals surface area contributed by atoms with E-state index in [-0.39, 0.29) is 5.82 Å². The molecule has 0 bridgehead atoms. The van der Waals surface area contributed by atoms with Gasteiger partial charge >= 0.3 is 0 Å². The molecule has 0 aliphatic rings. The molecular weight excluding hydrogens is 193 g/mol. The predicted molar refractivity (Wildman–Crippen MR) is 57.1 cm³/mol. The van der Waals surface area contributed by atoms with E-state index < -0.39 is 0 Å². The van der Waals surface area contributed by atoms with Crippen molar-refractivity contribution in [2.24, 2.45) is 0 Å². The van der Waals surface area contributed by atoms with Crippen LogP contribution in [0.2, 0.25) is 0 Å². The van der Waals surface area contributed by atoms with Crippen LogP contribution < -0.4 is 5.32 Å². The molecule has 2 rings (SSSR count).